The fourth-order valence-corrected chi connectivity index (χ4v) is 3.19. The third kappa shape index (κ3) is 4.74. The van der Waals surface area contributed by atoms with Crippen molar-refractivity contribution in [1.82, 2.24) is 0 Å². The largest absolute Gasteiger partial charge is 0.497 e. The Balaban J connectivity index is 1.61. The van der Waals surface area contributed by atoms with E-state index in [0.717, 1.165) is 0 Å². The lowest BCUT2D eigenvalue weighted by Gasteiger charge is -2.19. The zero-order chi connectivity index (χ0) is 20.8. The van der Waals surface area contributed by atoms with E-state index in [1.54, 1.807) is 36.4 Å². The van der Waals surface area contributed by atoms with Crippen molar-refractivity contribution >= 4 is 23.3 Å². The van der Waals surface area contributed by atoms with Crippen LogP contribution in [0, 0.1) is 5.92 Å². The van der Waals surface area contributed by atoms with Crippen LogP contribution in [0.2, 0.25) is 0 Å². The van der Waals surface area contributed by atoms with E-state index < -0.39 is 11.9 Å². The molecule has 0 N–H and O–H groups in total. The number of benzene rings is 2. The summed E-state index contributed by atoms with van der Waals surface area (Å²) in [5.41, 5.74) is 1.02. The highest BCUT2D eigenvalue weighted by Gasteiger charge is 2.37. The average molecular weight is 397 g/mol. The molecular weight excluding hydrogens is 374 g/mol. The molecule has 1 aliphatic rings. The van der Waals surface area contributed by atoms with Gasteiger partial charge in [0.25, 0.3) is 0 Å². The van der Waals surface area contributed by atoms with Gasteiger partial charge in [0, 0.05) is 18.5 Å². The SMILES string of the molecule is CCOc1ccccc1N1C[C@@H](C(=O)OCC(=O)c2cccc(OC)c2)CC1=O. The second-order valence-electron chi connectivity index (χ2n) is 6.57. The van der Waals surface area contributed by atoms with Crippen LogP contribution in [0.3, 0.4) is 0 Å². The molecule has 2 aromatic rings. The summed E-state index contributed by atoms with van der Waals surface area (Å²) >= 11 is 0. The van der Waals surface area contributed by atoms with Gasteiger partial charge in [-0.25, -0.2) is 0 Å². The average Bonchev–Trinajstić information content (AvgIpc) is 3.14. The Hall–Kier alpha value is -3.35. The quantitative estimate of drug-likeness (QED) is 0.503. The van der Waals surface area contributed by atoms with Crippen LogP contribution in [0.1, 0.15) is 23.7 Å². The maximum atomic E-state index is 12.5. The summed E-state index contributed by atoms with van der Waals surface area (Å²) in [6.07, 6.45) is 0.0344. The number of anilines is 1. The minimum Gasteiger partial charge on any atom is -0.497 e. The molecule has 0 bridgehead atoms. The maximum Gasteiger partial charge on any atom is 0.311 e. The molecule has 152 valence electrons. The van der Waals surface area contributed by atoms with E-state index in [0.29, 0.717) is 29.4 Å². The summed E-state index contributed by atoms with van der Waals surface area (Å²) < 4.78 is 15.9. The predicted octanol–water partition coefficient (Wildman–Crippen LogP) is 2.87. The fourth-order valence-electron chi connectivity index (χ4n) is 3.19. The molecule has 7 heteroatoms. The van der Waals surface area contributed by atoms with Crippen molar-refractivity contribution in [3.8, 4) is 11.5 Å². The first-order valence-electron chi connectivity index (χ1n) is 9.39. The van der Waals surface area contributed by atoms with Crippen molar-refractivity contribution in [2.75, 3.05) is 31.8 Å². The number of nitrogens with zero attached hydrogens (tertiary/aromatic N) is 1. The Kier molecular flexibility index (Phi) is 6.49. The highest BCUT2D eigenvalue weighted by atomic mass is 16.5. The highest BCUT2D eigenvalue weighted by Crippen LogP contribution is 2.33. The molecule has 2 aromatic carbocycles. The van der Waals surface area contributed by atoms with Crippen molar-refractivity contribution in [3.63, 3.8) is 0 Å². The zero-order valence-corrected chi connectivity index (χ0v) is 16.4. The Bertz CT molecular complexity index is 910. The third-order valence-electron chi connectivity index (χ3n) is 4.65. The summed E-state index contributed by atoms with van der Waals surface area (Å²) in [5, 5.41) is 0. The number of amides is 1. The summed E-state index contributed by atoms with van der Waals surface area (Å²) in [6, 6.07) is 13.8. The van der Waals surface area contributed by atoms with Crippen LogP contribution >= 0.6 is 0 Å². The number of carbonyl (C=O) groups is 3. The number of hydrogen-bond acceptors (Lipinski definition) is 6. The van der Waals surface area contributed by atoms with Crippen LogP contribution in [0.15, 0.2) is 48.5 Å². The molecule has 0 aliphatic carbocycles. The Morgan fingerprint density at radius 2 is 1.93 bits per heavy atom. The van der Waals surface area contributed by atoms with E-state index in [2.05, 4.69) is 0 Å². The van der Waals surface area contributed by atoms with Crippen LogP contribution in [0.25, 0.3) is 0 Å². The number of rotatable bonds is 8. The molecule has 0 saturated carbocycles. The molecule has 29 heavy (non-hydrogen) atoms. The van der Waals surface area contributed by atoms with Crippen molar-refractivity contribution in [2.24, 2.45) is 5.92 Å². The number of hydrogen-bond donors (Lipinski definition) is 0. The molecule has 3 rings (SSSR count). The summed E-state index contributed by atoms with van der Waals surface area (Å²) in [5.74, 6) is -0.572. The monoisotopic (exact) mass is 397 g/mol. The number of ether oxygens (including phenoxy) is 3. The Labute approximate surface area is 169 Å². The first-order chi connectivity index (χ1) is 14.0. The van der Waals surface area contributed by atoms with Gasteiger partial charge in [0.1, 0.15) is 11.5 Å². The minimum atomic E-state index is -0.629. The predicted molar refractivity (Wildman–Crippen MR) is 106 cm³/mol. The number of esters is 1. The van der Waals surface area contributed by atoms with Crippen LogP contribution in [-0.2, 0) is 14.3 Å². The number of carbonyl (C=O) groups excluding carboxylic acids is 3. The minimum absolute atomic E-state index is 0.0344. The van der Waals surface area contributed by atoms with E-state index >= 15 is 0 Å². The molecule has 7 nitrogen and oxygen atoms in total. The second-order valence-corrected chi connectivity index (χ2v) is 6.57. The smallest absolute Gasteiger partial charge is 0.311 e. The van der Waals surface area contributed by atoms with Crippen LogP contribution in [0.4, 0.5) is 5.69 Å². The first-order valence-corrected chi connectivity index (χ1v) is 9.39. The molecule has 1 heterocycles. The van der Waals surface area contributed by atoms with Gasteiger partial charge in [-0.3, -0.25) is 14.4 Å². The third-order valence-corrected chi connectivity index (χ3v) is 4.65. The molecule has 0 radical (unpaired) electrons. The van der Waals surface area contributed by atoms with Crippen molar-refractivity contribution in [2.45, 2.75) is 13.3 Å². The van der Waals surface area contributed by atoms with E-state index in [-0.39, 0.29) is 31.3 Å². The van der Waals surface area contributed by atoms with E-state index in [9.17, 15) is 14.4 Å². The number of Topliss-reactive ketones (excluding diaryl/α,β-unsaturated/α-hetero) is 1. The maximum absolute atomic E-state index is 12.5. The topological polar surface area (TPSA) is 82.1 Å². The standard InChI is InChI=1S/C22H23NO6/c1-3-28-20-10-5-4-9-18(20)23-13-16(12-21(23)25)22(26)29-14-19(24)15-7-6-8-17(11-15)27-2/h4-11,16H,3,12-14H2,1-2H3/t16-/m0/s1. The van der Waals surface area contributed by atoms with Gasteiger partial charge in [0.15, 0.2) is 12.4 Å². The van der Waals surface area contributed by atoms with Gasteiger partial charge in [-0.05, 0) is 31.2 Å². The lowest BCUT2D eigenvalue weighted by Crippen LogP contribution is -2.27. The van der Waals surface area contributed by atoms with E-state index in [1.807, 2.05) is 19.1 Å². The Morgan fingerprint density at radius 1 is 1.14 bits per heavy atom. The number of methoxy groups -OCH3 is 1. The van der Waals surface area contributed by atoms with Gasteiger partial charge in [0.2, 0.25) is 5.91 Å². The van der Waals surface area contributed by atoms with E-state index in [1.165, 1.54) is 12.0 Å². The number of ketones is 1. The van der Waals surface area contributed by atoms with Crippen molar-refractivity contribution in [1.29, 1.82) is 0 Å². The second kappa shape index (κ2) is 9.23. The summed E-state index contributed by atoms with van der Waals surface area (Å²) in [7, 11) is 1.51. The molecular formula is C22H23NO6. The molecule has 0 spiro atoms. The normalized spacial score (nSPS) is 15.9. The molecule has 1 fully saturated rings. The van der Waals surface area contributed by atoms with Gasteiger partial charge in [-0.1, -0.05) is 24.3 Å². The molecule has 1 amide bonds. The van der Waals surface area contributed by atoms with Crippen LogP contribution in [0.5, 0.6) is 11.5 Å². The lowest BCUT2D eigenvalue weighted by molar-refractivity contribution is -0.147. The molecule has 0 aromatic heterocycles. The highest BCUT2D eigenvalue weighted by molar-refractivity contribution is 6.01. The van der Waals surface area contributed by atoms with E-state index in [4.69, 9.17) is 14.2 Å². The lowest BCUT2D eigenvalue weighted by atomic mass is 10.1. The van der Waals surface area contributed by atoms with Crippen molar-refractivity contribution < 1.29 is 28.6 Å². The molecule has 1 aliphatic heterocycles. The summed E-state index contributed by atoms with van der Waals surface area (Å²) in [4.78, 5) is 38.7. The first kappa shape index (κ1) is 20.4. The fraction of sp³-hybridized carbons (Fsp3) is 0.318. The van der Waals surface area contributed by atoms with Gasteiger partial charge in [0.05, 0.1) is 25.3 Å². The van der Waals surface area contributed by atoms with Gasteiger partial charge >= 0.3 is 5.97 Å². The van der Waals surface area contributed by atoms with Crippen LogP contribution in [-0.4, -0.2) is 44.5 Å². The van der Waals surface area contributed by atoms with Gasteiger partial charge in [-0.15, -0.1) is 0 Å². The van der Waals surface area contributed by atoms with Gasteiger partial charge < -0.3 is 19.1 Å². The zero-order valence-electron chi connectivity index (χ0n) is 16.4. The molecule has 1 saturated heterocycles. The van der Waals surface area contributed by atoms with Crippen LogP contribution < -0.4 is 14.4 Å². The van der Waals surface area contributed by atoms with Crippen molar-refractivity contribution in [3.05, 3.63) is 54.1 Å². The number of para-hydroxylation sites is 2. The van der Waals surface area contributed by atoms with Gasteiger partial charge in [-0.2, -0.15) is 0 Å². The Morgan fingerprint density at radius 3 is 2.69 bits per heavy atom. The molecule has 1 atom stereocenters. The summed E-state index contributed by atoms with van der Waals surface area (Å²) in [6.45, 7) is 2.14. The molecule has 0 unspecified atom stereocenters.